The molecular formula is C15H27NO3. The maximum absolute atomic E-state index is 12.2. The third kappa shape index (κ3) is 3.93. The highest BCUT2D eigenvalue weighted by molar-refractivity contribution is 5.76. The Balaban J connectivity index is 1.85. The van der Waals surface area contributed by atoms with Gasteiger partial charge in [0.15, 0.2) is 0 Å². The van der Waals surface area contributed by atoms with Gasteiger partial charge in [0.05, 0.1) is 6.10 Å². The van der Waals surface area contributed by atoms with E-state index in [1.54, 1.807) is 7.11 Å². The molecule has 19 heavy (non-hydrogen) atoms. The van der Waals surface area contributed by atoms with Crippen LogP contribution in [0.5, 0.6) is 0 Å². The monoisotopic (exact) mass is 269 g/mol. The lowest BCUT2D eigenvalue weighted by Crippen LogP contribution is -2.39. The van der Waals surface area contributed by atoms with Gasteiger partial charge in [-0.3, -0.25) is 4.79 Å². The average molecular weight is 269 g/mol. The second kappa shape index (κ2) is 5.80. The van der Waals surface area contributed by atoms with E-state index in [0.717, 1.165) is 25.8 Å². The van der Waals surface area contributed by atoms with Crippen molar-refractivity contribution in [3.63, 3.8) is 0 Å². The van der Waals surface area contributed by atoms with E-state index in [-0.39, 0.29) is 29.6 Å². The average Bonchev–Trinajstić information content (AvgIpc) is 2.74. The zero-order valence-electron chi connectivity index (χ0n) is 12.6. The van der Waals surface area contributed by atoms with Gasteiger partial charge >= 0.3 is 5.97 Å². The van der Waals surface area contributed by atoms with Crippen LogP contribution in [0.25, 0.3) is 0 Å². The molecule has 1 aliphatic heterocycles. The third-order valence-electron chi connectivity index (χ3n) is 4.34. The molecule has 1 N–H and O–H groups in total. The molecule has 0 aromatic carbocycles. The SMILES string of the molecule is COC1CNC(C(=O)OC2CC(C)CC(C)(C)C2)C1. The first-order valence-electron chi connectivity index (χ1n) is 7.36. The normalized spacial score (nSPS) is 38.1. The van der Waals surface area contributed by atoms with Gasteiger partial charge in [0.2, 0.25) is 0 Å². The second-order valence-electron chi connectivity index (χ2n) is 7.03. The minimum absolute atomic E-state index is 0.0784. The van der Waals surface area contributed by atoms with Crippen LogP contribution in [0.1, 0.15) is 46.5 Å². The van der Waals surface area contributed by atoms with Gasteiger partial charge in [-0.25, -0.2) is 0 Å². The van der Waals surface area contributed by atoms with Crippen molar-refractivity contribution in [1.29, 1.82) is 0 Å². The molecule has 0 amide bonds. The summed E-state index contributed by atoms with van der Waals surface area (Å²) in [6.07, 6.45) is 4.13. The fraction of sp³-hybridized carbons (Fsp3) is 0.933. The topological polar surface area (TPSA) is 47.6 Å². The largest absolute Gasteiger partial charge is 0.461 e. The molecule has 0 bridgehead atoms. The molecule has 1 saturated carbocycles. The number of carbonyl (C=O) groups excluding carboxylic acids is 1. The van der Waals surface area contributed by atoms with Crippen LogP contribution >= 0.6 is 0 Å². The van der Waals surface area contributed by atoms with Gasteiger partial charge in [-0.2, -0.15) is 0 Å². The summed E-state index contributed by atoms with van der Waals surface area (Å²) in [5.74, 6) is 0.527. The van der Waals surface area contributed by atoms with E-state index in [2.05, 4.69) is 26.1 Å². The summed E-state index contributed by atoms with van der Waals surface area (Å²) in [6.45, 7) is 7.51. The van der Waals surface area contributed by atoms with Crippen molar-refractivity contribution in [1.82, 2.24) is 5.32 Å². The molecule has 110 valence electrons. The Morgan fingerprint density at radius 1 is 1.21 bits per heavy atom. The molecule has 2 rings (SSSR count). The minimum Gasteiger partial charge on any atom is -0.461 e. The number of esters is 1. The van der Waals surface area contributed by atoms with Gasteiger partial charge in [0.1, 0.15) is 12.1 Å². The van der Waals surface area contributed by atoms with Gasteiger partial charge in [-0.05, 0) is 30.6 Å². The smallest absolute Gasteiger partial charge is 0.323 e. The second-order valence-corrected chi connectivity index (χ2v) is 7.03. The van der Waals surface area contributed by atoms with Gasteiger partial charge in [0, 0.05) is 20.1 Å². The van der Waals surface area contributed by atoms with Crippen LogP contribution < -0.4 is 5.32 Å². The van der Waals surface area contributed by atoms with Gasteiger partial charge in [-0.1, -0.05) is 20.8 Å². The molecular weight excluding hydrogens is 242 g/mol. The molecule has 4 atom stereocenters. The zero-order chi connectivity index (χ0) is 14.0. The standard InChI is InChI=1S/C15H27NO3/c1-10-5-11(8-15(2,3)7-10)19-14(17)13-6-12(18-4)9-16-13/h10-13,16H,5-9H2,1-4H3. The number of ether oxygens (including phenoxy) is 2. The molecule has 4 unspecified atom stereocenters. The van der Waals surface area contributed by atoms with Crippen LogP contribution in [0.4, 0.5) is 0 Å². The Bertz CT molecular complexity index is 329. The predicted molar refractivity (Wildman–Crippen MR) is 73.9 cm³/mol. The highest BCUT2D eigenvalue weighted by Crippen LogP contribution is 2.39. The summed E-state index contributed by atoms with van der Waals surface area (Å²) in [5.41, 5.74) is 0.279. The van der Waals surface area contributed by atoms with E-state index >= 15 is 0 Å². The highest BCUT2D eigenvalue weighted by Gasteiger charge is 2.36. The van der Waals surface area contributed by atoms with Crippen molar-refractivity contribution < 1.29 is 14.3 Å². The summed E-state index contributed by atoms with van der Waals surface area (Å²) in [5, 5.41) is 3.18. The summed E-state index contributed by atoms with van der Waals surface area (Å²) < 4.78 is 11.0. The van der Waals surface area contributed by atoms with Crippen LogP contribution in [0.15, 0.2) is 0 Å². The van der Waals surface area contributed by atoms with E-state index in [1.807, 2.05) is 0 Å². The van der Waals surface area contributed by atoms with Gasteiger partial charge in [0.25, 0.3) is 0 Å². The molecule has 1 heterocycles. The lowest BCUT2D eigenvalue weighted by Gasteiger charge is -2.38. The van der Waals surface area contributed by atoms with Crippen molar-refractivity contribution in [2.75, 3.05) is 13.7 Å². The number of hydrogen-bond acceptors (Lipinski definition) is 4. The molecule has 4 heteroatoms. The van der Waals surface area contributed by atoms with Crippen molar-refractivity contribution in [3.05, 3.63) is 0 Å². The van der Waals surface area contributed by atoms with Crippen LogP contribution in [0.3, 0.4) is 0 Å². The van der Waals surface area contributed by atoms with Crippen molar-refractivity contribution in [3.8, 4) is 0 Å². The number of hydrogen-bond donors (Lipinski definition) is 1. The first-order valence-corrected chi connectivity index (χ1v) is 7.36. The van der Waals surface area contributed by atoms with E-state index in [9.17, 15) is 4.79 Å². The van der Waals surface area contributed by atoms with E-state index in [1.165, 1.54) is 6.42 Å². The molecule has 2 aliphatic rings. The molecule has 0 aromatic rings. The molecule has 0 aromatic heterocycles. The third-order valence-corrected chi connectivity index (χ3v) is 4.34. The molecule has 4 nitrogen and oxygen atoms in total. The van der Waals surface area contributed by atoms with Crippen LogP contribution in [0, 0.1) is 11.3 Å². The molecule has 2 fully saturated rings. The summed E-state index contributed by atoms with van der Waals surface area (Å²) in [7, 11) is 1.69. The summed E-state index contributed by atoms with van der Waals surface area (Å²) >= 11 is 0. The fourth-order valence-corrected chi connectivity index (χ4v) is 3.66. The Labute approximate surface area is 116 Å². The van der Waals surface area contributed by atoms with Gasteiger partial charge in [-0.15, -0.1) is 0 Å². The number of methoxy groups -OCH3 is 1. The highest BCUT2D eigenvalue weighted by atomic mass is 16.5. The van der Waals surface area contributed by atoms with Crippen LogP contribution in [0.2, 0.25) is 0 Å². The molecule has 0 spiro atoms. The van der Waals surface area contributed by atoms with E-state index < -0.39 is 0 Å². The van der Waals surface area contributed by atoms with Crippen LogP contribution in [-0.4, -0.2) is 37.9 Å². The minimum atomic E-state index is -0.190. The number of carbonyl (C=O) groups is 1. The Morgan fingerprint density at radius 2 is 1.95 bits per heavy atom. The first-order chi connectivity index (χ1) is 8.89. The maximum atomic E-state index is 12.2. The van der Waals surface area contributed by atoms with E-state index in [4.69, 9.17) is 9.47 Å². The van der Waals surface area contributed by atoms with E-state index in [0.29, 0.717) is 5.92 Å². The maximum Gasteiger partial charge on any atom is 0.323 e. The molecule has 1 aliphatic carbocycles. The first kappa shape index (κ1) is 14.8. The van der Waals surface area contributed by atoms with Crippen molar-refractivity contribution >= 4 is 5.97 Å². The Morgan fingerprint density at radius 3 is 2.53 bits per heavy atom. The summed E-state index contributed by atoms with van der Waals surface area (Å²) in [4.78, 5) is 12.2. The Kier molecular flexibility index (Phi) is 4.51. The molecule has 0 radical (unpaired) electrons. The number of nitrogens with one attached hydrogen (secondary N) is 1. The van der Waals surface area contributed by atoms with Crippen LogP contribution in [-0.2, 0) is 14.3 Å². The van der Waals surface area contributed by atoms with Crippen molar-refractivity contribution in [2.45, 2.75) is 64.7 Å². The van der Waals surface area contributed by atoms with Crippen molar-refractivity contribution in [2.24, 2.45) is 11.3 Å². The lowest BCUT2D eigenvalue weighted by atomic mass is 9.71. The lowest BCUT2D eigenvalue weighted by molar-refractivity contribution is -0.155. The molecule has 1 saturated heterocycles. The number of rotatable bonds is 3. The fourth-order valence-electron chi connectivity index (χ4n) is 3.66. The Hall–Kier alpha value is -0.610. The quantitative estimate of drug-likeness (QED) is 0.797. The van der Waals surface area contributed by atoms with Gasteiger partial charge < -0.3 is 14.8 Å². The zero-order valence-corrected chi connectivity index (χ0v) is 12.6. The summed E-state index contributed by atoms with van der Waals surface area (Å²) in [6, 6.07) is -0.190. The predicted octanol–water partition coefficient (Wildman–Crippen LogP) is 2.12.